The van der Waals surface area contributed by atoms with E-state index in [4.69, 9.17) is 4.74 Å². The van der Waals surface area contributed by atoms with Crippen LogP contribution in [0.3, 0.4) is 0 Å². The van der Waals surface area contributed by atoms with Gasteiger partial charge < -0.3 is 19.9 Å². The molecule has 148 valence electrons. The summed E-state index contributed by atoms with van der Waals surface area (Å²) >= 11 is 0. The molecule has 2 fully saturated rings. The van der Waals surface area contributed by atoms with Crippen molar-refractivity contribution in [3.05, 3.63) is 29.8 Å². The highest BCUT2D eigenvalue weighted by Gasteiger charge is 2.45. The minimum absolute atomic E-state index is 0.102. The summed E-state index contributed by atoms with van der Waals surface area (Å²) in [5.74, 6) is 0.648. The van der Waals surface area contributed by atoms with Crippen molar-refractivity contribution in [3.63, 3.8) is 0 Å². The fourth-order valence-electron chi connectivity index (χ4n) is 4.90. The Hall–Kier alpha value is -1.75. The van der Waals surface area contributed by atoms with Crippen LogP contribution in [0.1, 0.15) is 45.1 Å². The lowest BCUT2D eigenvalue weighted by Gasteiger charge is -2.40. The molecule has 1 aromatic rings. The quantitative estimate of drug-likeness (QED) is 0.882. The summed E-state index contributed by atoms with van der Waals surface area (Å²) < 4.78 is 5.60. The SMILES string of the molecule is CCC(C)NC(=O)N1CCC2(CC1)CN(CC1CCOC1)c1ccccc12. The molecule has 0 radical (unpaired) electrons. The van der Waals surface area contributed by atoms with Crippen molar-refractivity contribution in [1.82, 2.24) is 10.2 Å². The molecule has 3 heterocycles. The summed E-state index contributed by atoms with van der Waals surface area (Å²) in [6, 6.07) is 9.27. The van der Waals surface area contributed by atoms with E-state index in [1.165, 1.54) is 17.7 Å². The lowest BCUT2D eigenvalue weighted by atomic mass is 9.74. The van der Waals surface area contributed by atoms with E-state index in [9.17, 15) is 4.79 Å². The molecule has 0 aliphatic carbocycles. The topological polar surface area (TPSA) is 44.8 Å². The number of rotatable bonds is 4. The van der Waals surface area contributed by atoms with Gasteiger partial charge in [-0.25, -0.2) is 4.79 Å². The van der Waals surface area contributed by atoms with Gasteiger partial charge in [-0.1, -0.05) is 25.1 Å². The Morgan fingerprint density at radius 2 is 2.11 bits per heavy atom. The van der Waals surface area contributed by atoms with Gasteiger partial charge in [-0.3, -0.25) is 0 Å². The summed E-state index contributed by atoms with van der Waals surface area (Å²) in [5.41, 5.74) is 3.09. The van der Waals surface area contributed by atoms with Crippen LogP contribution >= 0.6 is 0 Å². The summed E-state index contributed by atoms with van der Waals surface area (Å²) in [6.07, 6.45) is 4.25. The van der Waals surface area contributed by atoms with Crippen LogP contribution in [0.25, 0.3) is 0 Å². The normalized spacial score (nSPS) is 24.9. The predicted molar refractivity (Wildman–Crippen MR) is 108 cm³/mol. The zero-order valence-corrected chi connectivity index (χ0v) is 16.7. The van der Waals surface area contributed by atoms with Crippen LogP contribution in [0.15, 0.2) is 24.3 Å². The first kappa shape index (κ1) is 18.6. The number of nitrogens with zero attached hydrogens (tertiary/aromatic N) is 2. The first-order valence-corrected chi connectivity index (χ1v) is 10.6. The molecular weight excluding hydrogens is 338 g/mol. The van der Waals surface area contributed by atoms with E-state index in [1.54, 1.807) is 0 Å². The van der Waals surface area contributed by atoms with E-state index < -0.39 is 0 Å². The van der Waals surface area contributed by atoms with Gasteiger partial charge in [0.2, 0.25) is 0 Å². The number of piperidine rings is 1. The molecule has 2 unspecified atom stereocenters. The fraction of sp³-hybridized carbons (Fsp3) is 0.682. The number of anilines is 1. The monoisotopic (exact) mass is 371 g/mol. The van der Waals surface area contributed by atoms with Crippen molar-refractivity contribution in [2.75, 3.05) is 44.3 Å². The number of amides is 2. The highest BCUT2D eigenvalue weighted by molar-refractivity contribution is 5.75. The molecule has 2 atom stereocenters. The average molecular weight is 372 g/mol. The third-order valence-corrected chi connectivity index (χ3v) is 6.80. The summed E-state index contributed by atoms with van der Waals surface area (Å²) in [7, 11) is 0. The maximum Gasteiger partial charge on any atom is 0.317 e. The van der Waals surface area contributed by atoms with Crippen LogP contribution in [0, 0.1) is 5.92 Å². The van der Waals surface area contributed by atoms with Crippen molar-refractivity contribution in [1.29, 1.82) is 0 Å². The maximum atomic E-state index is 12.5. The van der Waals surface area contributed by atoms with E-state index in [2.05, 4.69) is 48.3 Å². The van der Waals surface area contributed by atoms with Gasteiger partial charge in [-0.15, -0.1) is 0 Å². The third kappa shape index (κ3) is 3.66. The summed E-state index contributed by atoms with van der Waals surface area (Å²) in [5, 5.41) is 3.12. The molecule has 3 aliphatic rings. The Kier molecular flexibility index (Phi) is 5.31. The molecule has 0 bridgehead atoms. The number of ether oxygens (including phenoxy) is 1. The van der Waals surface area contributed by atoms with Crippen LogP contribution in [-0.2, 0) is 10.2 Å². The Morgan fingerprint density at radius 1 is 1.33 bits per heavy atom. The molecular formula is C22H33N3O2. The largest absolute Gasteiger partial charge is 0.381 e. The Bertz CT molecular complexity index is 663. The molecule has 2 saturated heterocycles. The number of fused-ring (bicyclic) bond motifs is 2. The molecule has 2 amide bonds. The standard InChI is InChI=1S/C22H33N3O2/c1-3-17(2)23-21(26)24-11-9-22(10-12-24)16-25(14-18-8-13-27-15-18)20-7-5-4-6-19(20)22/h4-7,17-18H,3,8-16H2,1-2H3,(H,23,26). The van der Waals surface area contributed by atoms with Gasteiger partial charge in [0.1, 0.15) is 0 Å². The first-order chi connectivity index (χ1) is 13.1. The van der Waals surface area contributed by atoms with Crippen LogP contribution in [-0.4, -0.2) is 56.4 Å². The number of carbonyl (C=O) groups is 1. The van der Waals surface area contributed by atoms with Crippen molar-refractivity contribution < 1.29 is 9.53 Å². The van der Waals surface area contributed by atoms with E-state index in [1.807, 2.05) is 4.90 Å². The second-order valence-electron chi connectivity index (χ2n) is 8.65. The fourth-order valence-corrected chi connectivity index (χ4v) is 4.90. The molecule has 0 aromatic heterocycles. The van der Waals surface area contributed by atoms with E-state index in [0.29, 0.717) is 5.92 Å². The van der Waals surface area contributed by atoms with Gasteiger partial charge in [0.15, 0.2) is 0 Å². The molecule has 1 N–H and O–H groups in total. The first-order valence-electron chi connectivity index (χ1n) is 10.6. The lowest BCUT2D eigenvalue weighted by Crippen LogP contribution is -2.51. The zero-order chi connectivity index (χ0) is 18.9. The zero-order valence-electron chi connectivity index (χ0n) is 16.7. The van der Waals surface area contributed by atoms with Gasteiger partial charge in [0.05, 0.1) is 6.61 Å². The second kappa shape index (κ2) is 7.70. The predicted octanol–water partition coefficient (Wildman–Crippen LogP) is 3.38. The summed E-state index contributed by atoms with van der Waals surface area (Å²) in [4.78, 5) is 17.1. The van der Waals surface area contributed by atoms with Crippen molar-refractivity contribution in [3.8, 4) is 0 Å². The molecule has 4 rings (SSSR count). The van der Waals surface area contributed by atoms with E-state index >= 15 is 0 Å². The van der Waals surface area contributed by atoms with Gasteiger partial charge in [0.25, 0.3) is 0 Å². The minimum Gasteiger partial charge on any atom is -0.381 e. The highest BCUT2D eigenvalue weighted by Crippen LogP contribution is 2.47. The van der Waals surface area contributed by atoms with Crippen molar-refractivity contribution in [2.24, 2.45) is 5.92 Å². The number of para-hydroxylation sites is 1. The smallest absolute Gasteiger partial charge is 0.317 e. The van der Waals surface area contributed by atoms with Crippen molar-refractivity contribution in [2.45, 2.75) is 51.0 Å². The maximum absolute atomic E-state index is 12.5. The summed E-state index contributed by atoms with van der Waals surface area (Å²) in [6.45, 7) is 9.85. The highest BCUT2D eigenvalue weighted by atomic mass is 16.5. The van der Waals surface area contributed by atoms with Crippen LogP contribution < -0.4 is 10.2 Å². The van der Waals surface area contributed by atoms with Gasteiger partial charge in [-0.05, 0) is 44.2 Å². The Labute approximate surface area is 163 Å². The Balaban J connectivity index is 1.45. The van der Waals surface area contributed by atoms with Crippen LogP contribution in [0.4, 0.5) is 10.5 Å². The molecule has 27 heavy (non-hydrogen) atoms. The number of hydrogen-bond donors (Lipinski definition) is 1. The molecule has 3 aliphatic heterocycles. The molecule has 5 nitrogen and oxygen atoms in total. The number of likely N-dealkylation sites (tertiary alicyclic amines) is 1. The molecule has 0 saturated carbocycles. The van der Waals surface area contributed by atoms with Crippen LogP contribution in [0.2, 0.25) is 0 Å². The lowest BCUT2D eigenvalue weighted by molar-refractivity contribution is 0.158. The molecule has 1 spiro atoms. The second-order valence-corrected chi connectivity index (χ2v) is 8.65. The van der Waals surface area contributed by atoms with Gasteiger partial charge in [0, 0.05) is 55.8 Å². The molecule has 1 aromatic carbocycles. The number of nitrogens with one attached hydrogen (secondary N) is 1. The van der Waals surface area contributed by atoms with Gasteiger partial charge in [-0.2, -0.15) is 0 Å². The number of benzene rings is 1. The van der Waals surface area contributed by atoms with Crippen LogP contribution in [0.5, 0.6) is 0 Å². The van der Waals surface area contributed by atoms with Gasteiger partial charge >= 0.3 is 6.03 Å². The number of carbonyl (C=O) groups excluding carboxylic acids is 1. The average Bonchev–Trinajstić information content (AvgIpc) is 3.30. The number of hydrogen-bond acceptors (Lipinski definition) is 3. The molecule has 5 heteroatoms. The Morgan fingerprint density at radius 3 is 2.81 bits per heavy atom. The van der Waals surface area contributed by atoms with Crippen molar-refractivity contribution >= 4 is 11.7 Å². The minimum atomic E-state index is 0.102. The van der Waals surface area contributed by atoms with E-state index in [-0.39, 0.29) is 17.5 Å². The third-order valence-electron chi connectivity index (χ3n) is 6.80. The van der Waals surface area contributed by atoms with E-state index in [0.717, 1.165) is 58.7 Å². The number of urea groups is 1.